The second kappa shape index (κ2) is 7.20. The maximum absolute atomic E-state index is 13.0. The Labute approximate surface area is 162 Å². The predicted octanol–water partition coefficient (Wildman–Crippen LogP) is 2.05. The van der Waals surface area contributed by atoms with Crippen LogP contribution in [0.4, 0.5) is 0 Å². The fourth-order valence-corrected chi connectivity index (χ4v) is 4.06. The van der Waals surface area contributed by atoms with E-state index in [2.05, 4.69) is 25.4 Å². The van der Waals surface area contributed by atoms with Crippen LogP contribution < -0.4 is 5.32 Å². The normalized spacial score (nSPS) is 20.1. The Hall–Kier alpha value is -3.00. The summed E-state index contributed by atoms with van der Waals surface area (Å²) in [6.45, 7) is 2.15. The Bertz CT molecular complexity index is 958. The molecule has 1 saturated heterocycles. The predicted molar refractivity (Wildman–Crippen MR) is 101 cm³/mol. The van der Waals surface area contributed by atoms with Crippen molar-refractivity contribution in [3.8, 4) is 11.4 Å². The van der Waals surface area contributed by atoms with E-state index in [1.807, 2.05) is 35.2 Å². The molecule has 144 valence electrons. The Morgan fingerprint density at radius 2 is 2.00 bits per heavy atom. The van der Waals surface area contributed by atoms with Crippen molar-refractivity contribution in [1.29, 1.82) is 0 Å². The van der Waals surface area contributed by atoms with E-state index >= 15 is 0 Å². The zero-order valence-electron chi connectivity index (χ0n) is 15.5. The number of aromatic amines is 1. The molecule has 28 heavy (non-hydrogen) atoms. The summed E-state index contributed by atoms with van der Waals surface area (Å²) in [6, 6.07) is 9.47. The number of fused-ring (bicyclic) bond motifs is 1. The molecule has 8 nitrogen and oxygen atoms in total. The van der Waals surface area contributed by atoms with Crippen LogP contribution in [0.25, 0.3) is 11.4 Å². The van der Waals surface area contributed by atoms with Crippen LogP contribution in [0.3, 0.4) is 0 Å². The molecule has 0 saturated carbocycles. The Morgan fingerprint density at radius 3 is 2.82 bits per heavy atom. The number of aromatic nitrogens is 4. The van der Waals surface area contributed by atoms with E-state index in [9.17, 15) is 4.79 Å². The molecule has 2 aromatic heterocycles. The average molecular weight is 378 g/mol. The number of hydrogen-bond donors (Lipinski definition) is 2. The number of nitrogens with one attached hydrogen (secondary N) is 2. The summed E-state index contributed by atoms with van der Waals surface area (Å²) in [5, 5.41) is 7.43. The molecule has 0 bridgehead atoms. The van der Waals surface area contributed by atoms with E-state index in [1.54, 1.807) is 6.33 Å². The smallest absolute Gasteiger partial charge is 0.246 e. The molecule has 1 amide bonds. The number of carbonyl (C=O) groups excluding carboxylic acids is 1. The third-order valence-electron chi connectivity index (χ3n) is 5.63. The minimum atomic E-state index is -0.348. The largest absolute Gasteiger partial charge is 0.348 e. The van der Waals surface area contributed by atoms with Crippen LogP contribution in [-0.2, 0) is 11.2 Å². The van der Waals surface area contributed by atoms with Crippen LogP contribution in [-0.4, -0.2) is 50.5 Å². The number of H-pyrrole nitrogens is 1. The molecule has 4 heterocycles. The third-order valence-corrected chi connectivity index (χ3v) is 5.63. The molecule has 1 fully saturated rings. The molecule has 2 aliphatic heterocycles. The number of benzene rings is 1. The van der Waals surface area contributed by atoms with Crippen LogP contribution >= 0.6 is 0 Å². The minimum Gasteiger partial charge on any atom is -0.348 e. The highest BCUT2D eigenvalue weighted by atomic mass is 16.5. The minimum absolute atomic E-state index is 0.0991. The first-order chi connectivity index (χ1) is 13.8. The van der Waals surface area contributed by atoms with Crippen molar-refractivity contribution in [2.24, 2.45) is 0 Å². The van der Waals surface area contributed by atoms with Gasteiger partial charge in [-0.2, -0.15) is 4.98 Å². The van der Waals surface area contributed by atoms with Gasteiger partial charge in [-0.25, -0.2) is 4.98 Å². The van der Waals surface area contributed by atoms with E-state index in [4.69, 9.17) is 4.52 Å². The molecule has 0 radical (unpaired) electrons. The molecule has 5 rings (SSSR count). The number of carbonyl (C=O) groups is 1. The van der Waals surface area contributed by atoms with Crippen molar-refractivity contribution in [2.75, 3.05) is 19.6 Å². The first-order valence-corrected chi connectivity index (χ1v) is 9.73. The highest BCUT2D eigenvalue weighted by molar-refractivity contribution is 5.83. The monoisotopic (exact) mass is 378 g/mol. The lowest BCUT2D eigenvalue weighted by atomic mass is 9.95. The molecule has 0 aliphatic carbocycles. The van der Waals surface area contributed by atoms with E-state index in [0.29, 0.717) is 24.8 Å². The van der Waals surface area contributed by atoms with Gasteiger partial charge in [-0.3, -0.25) is 4.79 Å². The highest BCUT2D eigenvalue weighted by Gasteiger charge is 2.34. The summed E-state index contributed by atoms with van der Waals surface area (Å²) in [5.41, 5.74) is 2.84. The van der Waals surface area contributed by atoms with Gasteiger partial charge >= 0.3 is 0 Å². The van der Waals surface area contributed by atoms with Gasteiger partial charge in [0.15, 0.2) is 0 Å². The third kappa shape index (κ3) is 3.09. The molecular weight excluding hydrogens is 356 g/mol. The molecular formula is C20H22N6O2. The number of rotatable bonds is 3. The lowest BCUT2D eigenvalue weighted by Gasteiger charge is -2.34. The molecule has 2 aliphatic rings. The van der Waals surface area contributed by atoms with Gasteiger partial charge in [0.25, 0.3) is 0 Å². The first kappa shape index (κ1) is 17.1. The Kier molecular flexibility index (Phi) is 4.40. The van der Waals surface area contributed by atoms with Crippen molar-refractivity contribution >= 4 is 5.91 Å². The molecule has 0 spiro atoms. The van der Waals surface area contributed by atoms with Gasteiger partial charge < -0.3 is 19.7 Å². The zero-order valence-corrected chi connectivity index (χ0v) is 15.5. The SMILES string of the molecule is O=C([C@H]1NCCc2[nH]cnc21)N1CCC(c2nc(-c3ccccc3)no2)CC1. The van der Waals surface area contributed by atoms with Crippen LogP contribution in [0.2, 0.25) is 0 Å². The number of hydrogen-bond acceptors (Lipinski definition) is 6. The average Bonchev–Trinajstić information content (AvgIpc) is 3.43. The van der Waals surface area contributed by atoms with Gasteiger partial charge in [0.1, 0.15) is 6.04 Å². The van der Waals surface area contributed by atoms with Gasteiger partial charge in [-0.1, -0.05) is 35.5 Å². The van der Waals surface area contributed by atoms with Gasteiger partial charge in [-0.05, 0) is 12.8 Å². The van der Waals surface area contributed by atoms with Crippen molar-refractivity contribution in [3.05, 3.63) is 53.9 Å². The fourth-order valence-electron chi connectivity index (χ4n) is 4.06. The maximum atomic E-state index is 13.0. The summed E-state index contributed by atoms with van der Waals surface area (Å²) in [4.78, 5) is 27.0. The van der Waals surface area contributed by atoms with Crippen molar-refractivity contribution in [1.82, 2.24) is 30.3 Å². The standard InChI is InChI=1S/C20H22N6O2/c27-20(17-16-15(6-9-21-17)22-12-23-16)26-10-7-14(8-11-26)19-24-18(25-28-19)13-4-2-1-3-5-13/h1-5,12,14,17,21H,6-11H2,(H,22,23)/t17-/m0/s1. The number of piperidine rings is 1. The Morgan fingerprint density at radius 1 is 1.18 bits per heavy atom. The molecule has 3 aromatic rings. The van der Waals surface area contributed by atoms with E-state index in [-0.39, 0.29) is 17.9 Å². The quantitative estimate of drug-likeness (QED) is 0.724. The Balaban J connectivity index is 1.24. The molecule has 2 N–H and O–H groups in total. The summed E-state index contributed by atoms with van der Waals surface area (Å²) >= 11 is 0. The summed E-state index contributed by atoms with van der Waals surface area (Å²) < 4.78 is 5.52. The summed E-state index contributed by atoms with van der Waals surface area (Å²) in [7, 11) is 0. The van der Waals surface area contributed by atoms with E-state index in [0.717, 1.165) is 42.8 Å². The van der Waals surface area contributed by atoms with Crippen molar-refractivity contribution in [3.63, 3.8) is 0 Å². The van der Waals surface area contributed by atoms with E-state index in [1.165, 1.54) is 0 Å². The molecule has 1 aromatic carbocycles. The number of nitrogens with zero attached hydrogens (tertiary/aromatic N) is 4. The molecule has 8 heteroatoms. The number of imidazole rings is 1. The second-order valence-electron chi connectivity index (χ2n) is 7.33. The van der Waals surface area contributed by atoms with E-state index < -0.39 is 0 Å². The molecule has 1 atom stereocenters. The van der Waals surface area contributed by atoms with Gasteiger partial charge in [-0.15, -0.1) is 0 Å². The summed E-state index contributed by atoms with van der Waals surface area (Å²) in [6.07, 6.45) is 4.19. The second-order valence-corrected chi connectivity index (χ2v) is 7.33. The molecule has 0 unspecified atom stereocenters. The van der Waals surface area contributed by atoms with Crippen LogP contribution in [0.1, 0.15) is 42.1 Å². The zero-order chi connectivity index (χ0) is 18.9. The van der Waals surface area contributed by atoms with Gasteiger partial charge in [0, 0.05) is 43.2 Å². The van der Waals surface area contributed by atoms with Crippen molar-refractivity contribution < 1.29 is 9.32 Å². The van der Waals surface area contributed by atoms with Gasteiger partial charge in [0.05, 0.1) is 12.0 Å². The fraction of sp³-hybridized carbons (Fsp3) is 0.400. The topological polar surface area (TPSA) is 99.9 Å². The summed E-state index contributed by atoms with van der Waals surface area (Å²) in [5.74, 6) is 1.57. The van der Waals surface area contributed by atoms with Crippen LogP contribution in [0, 0.1) is 0 Å². The lowest BCUT2D eigenvalue weighted by molar-refractivity contribution is -0.135. The highest BCUT2D eigenvalue weighted by Crippen LogP contribution is 2.30. The van der Waals surface area contributed by atoms with Crippen LogP contribution in [0.15, 0.2) is 41.2 Å². The van der Waals surface area contributed by atoms with Crippen molar-refractivity contribution in [2.45, 2.75) is 31.2 Å². The van der Waals surface area contributed by atoms with Gasteiger partial charge in [0.2, 0.25) is 17.6 Å². The number of likely N-dealkylation sites (tertiary alicyclic amines) is 1. The van der Waals surface area contributed by atoms with Crippen LogP contribution in [0.5, 0.6) is 0 Å². The lowest BCUT2D eigenvalue weighted by Crippen LogP contribution is -2.46. The first-order valence-electron chi connectivity index (χ1n) is 9.73. The maximum Gasteiger partial charge on any atom is 0.246 e. The number of amides is 1.